The van der Waals surface area contributed by atoms with Gasteiger partial charge in [0.1, 0.15) is 11.9 Å². The Bertz CT molecular complexity index is 1170. The summed E-state index contributed by atoms with van der Waals surface area (Å²) in [6, 6.07) is 12.9. The van der Waals surface area contributed by atoms with Crippen molar-refractivity contribution < 1.29 is 22.4 Å². The highest BCUT2D eigenvalue weighted by atomic mass is 32.2. The Morgan fingerprint density at radius 1 is 1.11 bits per heavy atom. The minimum absolute atomic E-state index is 0.0212. The van der Waals surface area contributed by atoms with E-state index in [1.165, 1.54) is 18.2 Å². The molecule has 2 amide bonds. The van der Waals surface area contributed by atoms with Gasteiger partial charge in [0.05, 0.1) is 11.9 Å². The molecule has 0 spiro atoms. The molecule has 9 heteroatoms. The Balaban J connectivity index is 1.72. The fourth-order valence-corrected chi connectivity index (χ4v) is 5.58. The van der Waals surface area contributed by atoms with Crippen LogP contribution in [0.5, 0.6) is 0 Å². The summed E-state index contributed by atoms with van der Waals surface area (Å²) < 4.78 is 40.0. The zero-order chi connectivity index (χ0) is 26.3. The molecule has 1 atom stereocenters. The second kappa shape index (κ2) is 12.3. The van der Waals surface area contributed by atoms with E-state index in [1.54, 1.807) is 17.9 Å². The van der Waals surface area contributed by atoms with Crippen LogP contribution in [0.2, 0.25) is 0 Å². The summed E-state index contributed by atoms with van der Waals surface area (Å²) in [6.07, 6.45) is 5.28. The van der Waals surface area contributed by atoms with Crippen LogP contribution >= 0.6 is 0 Å². The molecule has 36 heavy (non-hydrogen) atoms. The third-order valence-electron chi connectivity index (χ3n) is 6.58. The van der Waals surface area contributed by atoms with E-state index >= 15 is 0 Å². The van der Waals surface area contributed by atoms with E-state index in [2.05, 4.69) is 5.32 Å². The molecule has 0 aromatic heterocycles. The van der Waals surface area contributed by atoms with Crippen molar-refractivity contribution in [3.05, 3.63) is 65.5 Å². The Morgan fingerprint density at radius 3 is 2.44 bits per heavy atom. The molecule has 0 bridgehead atoms. The van der Waals surface area contributed by atoms with Crippen LogP contribution in [0.25, 0.3) is 0 Å². The molecule has 0 aliphatic heterocycles. The van der Waals surface area contributed by atoms with Gasteiger partial charge in [0.15, 0.2) is 0 Å². The van der Waals surface area contributed by atoms with E-state index in [4.69, 9.17) is 0 Å². The van der Waals surface area contributed by atoms with Crippen molar-refractivity contribution in [2.24, 2.45) is 0 Å². The molecular weight excluding hydrogens is 481 g/mol. The van der Waals surface area contributed by atoms with Gasteiger partial charge in [-0.25, -0.2) is 12.8 Å². The Labute approximate surface area is 213 Å². The number of nitrogens with zero attached hydrogens (tertiary/aromatic N) is 2. The van der Waals surface area contributed by atoms with Crippen molar-refractivity contribution >= 4 is 27.5 Å². The minimum Gasteiger partial charge on any atom is -0.352 e. The van der Waals surface area contributed by atoms with Crippen LogP contribution in [0.3, 0.4) is 0 Å². The molecule has 1 fully saturated rings. The predicted molar refractivity (Wildman–Crippen MR) is 139 cm³/mol. The largest absolute Gasteiger partial charge is 0.352 e. The number of hydrogen-bond donors (Lipinski definition) is 1. The lowest BCUT2D eigenvalue weighted by Gasteiger charge is -2.30. The molecule has 1 N–H and O–H groups in total. The number of hydrogen-bond acceptors (Lipinski definition) is 4. The smallest absolute Gasteiger partial charge is 0.242 e. The molecule has 7 nitrogen and oxygen atoms in total. The third-order valence-corrected chi connectivity index (χ3v) is 7.76. The van der Waals surface area contributed by atoms with Gasteiger partial charge in [0.2, 0.25) is 21.8 Å². The van der Waals surface area contributed by atoms with Gasteiger partial charge in [-0.05, 0) is 50.8 Å². The van der Waals surface area contributed by atoms with Gasteiger partial charge in [-0.15, -0.1) is 0 Å². The zero-order valence-electron chi connectivity index (χ0n) is 21.2. The molecule has 0 radical (unpaired) electrons. The summed E-state index contributed by atoms with van der Waals surface area (Å²) in [5.74, 6) is -1.09. The Morgan fingerprint density at radius 2 is 1.81 bits per heavy atom. The number of carbonyl (C=O) groups excluding carboxylic acids is 2. The molecule has 0 heterocycles. The summed E-state index contributed by atoms with van der Waals surface area (Å²) in [7, 11) is -3.75. The van der Waals surface area contributed by atoms with E-state index < -0.39 is 21.9 Å². The van der Waals surface area contributed by atoms with E-state index in [-0.39, 0.29) is 49.5 Å². The Hall–Kier alpha value is -2.94. The van der Waals surface area contributed by atoms with Crippen LogP contribution in [0, 0.1) is 12.7 Å². The van der Waals surface area contributed by atoms with Crippen molar-refractivity contribution in [3.8, 4) is 0 Å². The van der Waals surface area contributed by atoms with Crippen molar-refractivity contribution in [3.63, 3.8) is 0 Å². The molecule has 1 aliphatic rings. The number of aryl methyl sites for hydroxylation is 1. The summed E-state index contributed by atoms with van der Waals surface area (Å²) in [6.45, 7) is 3.91. The van der Waals surface area contributed by atoms with Crippen LogP contribution in [0.15, 0.2) is 48.5 Å². The highest BCUT2D eigenvalue weighted by molar-refractivity contribution is 7.92. The number of carbonyl (C=O) groups is 2. The molecule has 2 aromatic rings. The average Bonchev–Trinajstić information content (AvgIpc) is 3.33. The van der Waals surface area contributed by atoms with Gasteiger partial charge in [-0.2, -0.15) is 0 Å². The first-order chi connectivity index (χ1) is 17.1. The maximum Gasteiger partial charge on any atom is 0.242 e. The molecule has 1 aliphatic carbocycles. The van der Waals surface area contributed by atoms with Crippen LogP contribution in [-0.4, -0.2) is 50.0 Å². The average molecular weight is 518 g/mol. The van der Waals surface area contributed by atoms with Gasteiger partial charge in [-0.1, -0.05) is 54.8 Å². The fraction of sp³-hybridized carbons (Fsp3) is 0.481. The zero-order valence-corrected chi connectivity index (χ0v) is 22.1. The maximum absolute atomic E-state index is 14.3. The normalized spacial score (nSPS) is 14.9. The van der Waals surface area contributed by atoms with Gasteiger partial charge in [0.25, 0.3) is 0 Å². The van der Waals surface area contributed by atoms with E-state index in [0.717, 1.165) is 47.4 Å². The Kier molecular flexibility index (Phi) is 9.48. The predicted octanol–water partition coefficient (Wildman–Crippen LogP) is 4.16. The molecule has 196 valence electrons. The third kappa shape index (κ3) is 7.53. The minimum atomic E-state index is -3.75. The van der Waals surface area contributed by atoms with E-state index in [9.17, 15) is 22.4 Å². The molecule has 2 aromatic carbocycles. The summed E-state index contributed by atoms with van der Waals surface area (Å²) in [5, 5.41) is 3.07. The molecule has 3 rings (SSSR count). The quantitative estimate of drug-likeness (QED) is 0.485. The first-order valence-corrected chi connectivity index (χ1v) is 14.3. The van der Waals surface area contributed by atoms with Crippen LogP contribution in [0.1, 0.15) is 56.6 Å². The lowest BCUT2D eigenvalue weighted by molar-refractivity contribution is -0.141. The van der Waals surface area contributed by atoms with Crippen molar-refractivity contribution in [2.75, 3.05) is 17.1 Å². The molecule has 0 saturated heterocycles. The number of halogens is 1. The summed E-state index contributed by atoms with van der Waals surface area (Å²) in [5.41, 5.74) is 1.91. The highest BCUT2D eigenvalue weighted by Crippen LogP contribution is 2.23. The standard InChI is InChI=1S/C27H36FN3O4S/c1-20-10-8-11-22(18-20)19-30(21(2)27(33)29-23-12-4-5-13-23)26(32)16-9-17-31(36(3,34)35)25-15-7-6-14-24(25)28/h6-8,10-11,14-15,18,21,23H,4-5,9,12-13,16-17,19H2,1-3H3,(H,29,33). The van der Waals surface area contributed by atoms with Gasteiger partial charge in [0, 0.05) is 25.6 Å². The van der Waals surface area contributed by atoms with Crippen LogP contribution < -0.4 is 9.62 Å². The number of nitrogens with one attached hydrogen (secondary N) is 1. The summed E-state index contributed by atoms with van der Waals surface area (Å²) in [4.78, 5) is 27.9. The van der Waals surface area contributed by atoms with Crippen molar-refractivity contribution in [2.45, 2.75) is 71.0 Å². The fourth-order valence-electron chi connectivity index (χ4n) is 4.62. The number of sulfonamides is 1. The van der Waals surface area contributed by atoms with Crippen molar-refractivity contribution in [1.82, 2.24) is 10.2 Å². The monoisotopic (exact) mass is 517 g/mol. The molecule has 1 saturated carbocycles. The molecular formula is C27H36FN3O4S. The molecule has 1 unspecified atom stereocenters. The van der Waals surface area contributed by atoms with Crippen LogP contribution in [-0.2, 0) is 26.2 Å². The summed E-state index contributed by atoms with van der Waals surface area (Å²) >= 11 is 0. The van der Waals surface area contributed by atoms with Gasteiger partial charge in [-0.3, -0.25) is 13.9 Å². The van der Waals surface area contributed by atoms with E-state index in [0.29, 0.717) is 0 Å². The first kappa shape index (κ1) is 27.6. The number of benzene rings is 2. The maximum atomic E-state index is 14.3. The SMILES string of the molecule is Cc1cccc(CN(C(=O)CCCN(c2ccccc2F)S(C)(=O)=O)C(C)C(=O)NC2CCCC2)c1. The number of rotatable bonds is 11. The van der Waals surface area contributed by atoms with Crippen LogP contribution in [0.4, 0.5) is 10.1 Å². The topological polar surface area (TPSA) is 86.8 Å². The lowest BCUT2D eigenvalue weighted by atomic mass is 10.1. The number of amides is 2. The van der Waals surface area contributed by atoms with Crippen molar-refractivity contribution in [1.29, 1.82) is 0 Å². The second-order valence-corrected chi connectivity index (χ2v) is 11.5. The number of para-hydroxylation sites is 1. The van der Waals surface area contributed by atoms with Gasteiger partial charge >= 0.3 is 0 Å². The van der Waals surface area contributed by atoms with Gasteiger partial charge < -0.3 is 10.2 Å². The highest BCUT2D eigenvalue weighted by Gasteiger charge is 2.29. The first-order valence-electron chi connectivity index (χ1n) is 12.4. The second-order valence-electron chi connectivity index (χ2n) is 9.57. The lowest BCUT2D eigenvalue weighted by Crippen LogP contribution is -2.49. The van der Waals surface area contributed by atoms with E-state index in [1.807, 2.05) is 31.2 Å². The number of anilines is 1.